The fraction of sp³-hybridized carbons (Fsp3) is 0.667. The topological polar surface area (TPSA) is 40.1 Å². The maximum atomic E-state index is 6.07. The Bertz CT molecular complexity index is 604. The minimum absolute atomic E-state index is 0. The van der Waals surface area contributed by atoms with Gasteiger partial charge in [0.2, 0.25) is 0 Å². The molecule has 1 aromatic carbocycles. The molecular weight excluding hydrogens is 451 g/mol. The summed E-state index contributed by atoms with van der Waals surface area (Å²) in [6.07, 6.45) is 0.101. The van der Waals surface area contributed by atoms with Crippen LogP contribution in [0.15, 0.2) is 29.3 Å². The van der Waals surface area contributed by atoms with E-state index in [9.17, 15) is 0 Å². The van der Waals surface area contributed by atoms with Crippen LogP contribution < -0.4 is 5.32 Å². The Labute approximate surface area is 182 Å². The van der Waals surface area contributed by atoms with Crippen LogP contribution in [0.3, 0.4) is 0 Å². The Morgan fingerprint density at radius 3 is 2.67 bits per heavy atom. The molecule has 1 saturated heterocycles. The van der Waals surface area contributed by atoms with E-state index >= 15 is 0 Å². The fourth-order valence-corrected chi connectivity index (χ4v) is 3.60. The van der Waals surface area contributed by atoms with E-state index in [1.807, 2.05) is 0 Å². The second-order valence-corrected chi connectivity index (χ2v) is 8.23. The first kappa shape index (κ1) is 24.2. The van der Waals surface area contributed by atoms with Gasteiger partial charge in [-0.25, -0.2) is 0 Å². The molecule has 1 heterocycles. The molecule has 0 aliphatic carbocycles. The molecule has 154 valence electrons. The second kappa shape index (κ2) is 11.2. The van der Waals surface area contributed by atoms with Gasteiger partial charge in [0.05, 0.1) is 13.2 Å². The van der Waals surface area contributed by atoms with Crippen molar-refractivity contribution in [1.82, 2.24) is 15.1 Å². The number of ether oxygens (including phenoxy) is 1. The highest BCUT2D eigenvalue weighted by atomic mass is 127. The van der Waals surface area contributed by atoms with Crippen LogP contribution in [0, 0.1) is 12.3 Å². The first-order valence-electron chi connectivity index (χ1n) is 9.67. The van der Waals surface area contributed by atoms with Crippen molar-refractivity contribution in [2.45, 2.75) is 33.8 Å². The third-order valence-corrected chi connectivity index (χ3v) is 4.64. The number of rotatable bonds is 6. The van der Waals surface area contributed by atoms with Gasteiger partial charge in [-0.3, -0.25) is 4.99 Å². The number of aliphatic imine (C=N–C) groups is 1. The summed E-state index contributed by atoms with van der Waals surface area (Å²) < 4.78 is 6.07. The molecule has 1 aliphatic rings. The van der Waals surface area contributed by atoms with E-state index in [0.29, 0.717) is 0 Å². The molecule has 1 aliphatic heterocycles. The summed E-state index contributed by atoms with van der Waals surface area (Å²) in [5.41, 5.74) is 2.71. The summed E-state index contributed by atoms with van der Waals surface area (Å²) in [7, 11) is 4.23. The number of hydrogen-bond acceptors (Lipinski definition) is 3. The zero-order chi connectivity index (χ0) is 19.2. The standard InChI is InChI=1S/C21H36N4O.HI/c1-7-22-20(23-15-21(3,4)16-24(5)6)25-12-13-26-19(14-25)18-11-9-8-10-17(18)2;/h8-11,19H,7,12-16H2,1-6H3,(H,22,23);1H. The zero-order valence-corrected chi connectivity index (χ0v) is 20.1. The molecular formula is C21H37IN4O. The smallest absolute Gasteiger partial charge is 0.194 e. The Balaban J connectivity index is 0.00000364. The summed E-state index contributed by atoms with van der Waals surface area (Å²) in [5.74, 6) is 1.00. The number of nitrogens with zero attached hydrogens (tertiary/aromatic N) is 3. The predicted molar refractivity (Wildman–Crippen MR) is 125 cm³/mol. The van der Waals surface area contributed by atoms with Crippen LogP contribution in [0.5, 0.6) is 0 Å². The molecule has 1 N–H and O–H groups in total. The number of hydrogen-bond donors (Lipinski definition) is 1. The van der Waals surface area contributed by atoms with Crippen LogP contribution >= 0.6 is 24.0 Å². The average molecular weight is 488 g/mol. The largest absolute Gasteiger partial charge is 0.370 e. The lowest BCUT2D eigenvalue weighted by Crippen LogP contribution is -2.48. The van der Waals surface area contributed by atoms with Gasteiger partial charge in [0.15, 0.2) is 5.96 Å². The maximum Gasteiger partial charge on any atom is 0.194 e. The van der Waals surface area contributed by atoms with Gasteiger partial charge in [0, 0.05) is 26.2 Å². The van der Waals surface area contributed by atoms with Crippen molar-refractivity contribution >= 4 is 29.9 Å². The molecule has 0 radical (unpaired) electrons. The molecule has 1 fully saturated rings. The van der Waals surface area contributed by atoms with E-state index in [-0.39, 0.29) is 35.5 Å². The van der Waals surface area contributed by atoms with Gasteiger partial charge in [0.1, 0.15) is 6.10 Å². The highest BCUT2D eigenvalue weighted by Gasteiger charge is 2.26. The first-order valence-corrected chi connectivity index (χ1v) is 9.67. The van der Waals surface area contributed by atoms with Gasteiger partial charge in [-0.1, -0.05) is 38.1 Å². The zero-order valence-electron chi connectivity index (χ0n) is 17.8. The number of halogens is 1. The molecule has 27 heavy (non-hydrogen) atoms. The predicted octanol–water partition coefficient (Wildman–Crippen LogP) is 3.54. The molecule has 2 rings (SSSR count). The van der Waals surface area contributed by atoms with E-state index in [1.165, 1.54) is 11.1 Å². The number of nitrogens with one attached hydrogen (secondary N) is 1. The highest BCUT2D eigenvalue weighted by Crippen LogP contribution is 2.25. The van der Waals surface area contributed by atoms with E-state index in [4.69, 9.17) is 9.73 Å². The number of aryl methyl sites for hydroxylation is 1. The van der Waals surface area contributed by atoms with Gasteiger partial charge in [0.25, 0.3) is 0 Å². The van der Waals surface area contributed by atoms with Crippen LogP contribution in [0.2, 0.25) is 0 Å². The Kier molecular flexibility index (Phi) is 10.0. The Hall–Kier alpha value is -0.860. The highest BCUT2D eigenvalue weighted by molar-refractivity contribution is 14.0. The van der Waals surface area contributed by atoms with Gasteiger partial charge >= 0.3 is 0 Å². The lowest BCUT2D eigenvalue weighted by molar-refractivity contribution is -0.00839. The molecule has 0 bridgehead atoms. The molecule has 0 aromatic heterocycles. The molecule has 0 saturated carbocycles. The Morgan fingerprint density at radius 2 is 2.04 bits per heavy atom. The number of benzene rings is 1. The van der Waals surface area contributed by atoms with Gasteiger partial charge < -0.3 is 19.9 Å². The van der Waals surface area contributed by atoms with Crippen LogP contribution in [0.1, 0.15) is 38.0 Å². The van der Waals surface area contributed by atoms with E-state index in [0.717, 1.165) is 45.3 Å². The van der Waals surface area contributed by atoms with Crippen LogP contribution in [-0.4, -0.2) is 69.2 Å². The molecule has 1 atom stereocenters. The second-order valence-electron chi connectivity index (χ2n) is 8.23. The monoisotopic (exact) mass is 488 g/mol. The number of guanidine groups is 1. The van der Waals surface area contributed by atoms with Crippen LogP contribution in [0.25, 0.3) is 0 Å². The quantitative estimate of drug-likeness (QED) is 0.378. The Morgan fingerprint density at radius 1 is 1.33 bits per heavy atom. The van der Waals surface area contributed by atoms with Gasteiger partial charge in [-0.15, -0.1) is 24.0 Å². The van der Waals surface area contributed by atoms with E-state index in [2.05, 4.69) is 81.2 Å². The lowest BCUT2D eigenvalue weighted by Gasteiger charge is -2.36. The fourth-order valence-electron chi connectivity index (χ4n) is 3.60. The number of morpholine rings is 1. The van der Waals surface area contributed by atoms with Crippen molar-refractivity contribution in [2.75, 3.05) is 53.4 Å². The molecule has 1 unspecified atom stereocenters. The van der Waals surface area contributed by atoms with Crippen molar-refractivity contribution < 1.29 is 4.74 Å². The minimum atomic E-state index is 0. The first-order chi connectivity index (χ1) is 12.3. The molecule has 1 aromatic rings. The third kappa shape index (κ3) is 7.58. The van der Waals surface area contributed by atoms with Crippen molar-refractivity contribution in [2.24, 2.45) is 10.4 Å². The lowest BCUT2D eigenvalue weighted by atomic mass is 9.93. The molecule has 6 heteroatoms. The van der Waals surface area contributed by atoms with Gasteiger partial charge in [-0.05, 0) is 44.5 Å². The minimum Gasteiger partial charge on any atom is -0.370 e. The van der Waals surface area contributed by atoms with E-state index < -0.39 is 0 Å². The summed E-state index contributed by atoms with van der Waals surface area (Å²) in [5, 5.41) is 3.47. The molecule has 0 spiro atoms. The molecule has 5 nitrogen and oxygen atoms in total. The average Bonchev–Trinajstić information content (AvgIpc) is 2.58. The van der Waals surface area contributed by atoms with Crippen molar-refractivity contribution in [1.29, 1.82) is 0 Å². The molecule has 0 amide bonds. The summed E-state index contributed by atoms with van der Waals surface area (Å²) in [6.45, 7) is 14.0. The summed E-state index contributed by atoms with van der Waals surface area (Å²) in [6, 6.07) is 8.50. The van der Waals surface area contributed by atoms with Crippen LogP contribution in [0.4, 0.5) is 0 Å². The van der Waals surface area contributed by atoms with Crippen molar-refractivity contribution in [3.8, 4) is 0 Å². The SMILES string of the molecule is CCNC(=NCC(C)(C)CN(C)C)N1CCOC(c2ccccc2C)C1.I. The normalized spacial score (nSPS) is 18.4. The maximum absolute atomic E-state index is 6.07. The van der Waals surface area contributed by atoms with Crippen LogP contribution in [-0.2, 0) is 4.74 Å². The third-order valence-electron chi connectivity index (χ3n) is 4.64. The van der Waals surface area contributed by atoms with E-state index in [1.54, 1.807) is 0 Å². The van der Waals surface area contributed by atoms with Gasteiger partial charge in [-0.2, -0.15) is 0 Å². The van der Waals surface area contributed by atoms with Crippen molar-refractivity contribution in [3.63, 3.8) is 0 Å². The summed E-state index contributed by atoms with van der Waals surface area (Å²) >= 11 is 0. The van der Waals surface area contributed by atoms with Crippen molar-refractivity contribution in [3.05, 3.63) is 35.4 Å². The summed E-state index contributed by atoms with van der Waals surface area (Å²) in [4.78, 5) is 9.53.